The molecule has 1 heterocycles. The van der Waals surface area contributed by atoms with E-state index >= 15 is 0 Å². The molecular formula is C18H16N2. The van der Waals surface area contributed by atoms with E-state index in [1.54, 1.807) is 6.20 Å². The number of para-hydroxylation sites is 2. The fourth-order valence-corrected chi connectivity index (χ4v) is 2.22. The van der Waals surface area contributed by atoms with Crippen LogP contribution in [0.2, 0.25) is 0 Å². The standard InChI is InChI=1S/C18H16N2/c1-3-9-17(10-4-1)20(18-11-5-2-6-12-18)15-16-8-7-13-19-14-16/h1-14H,15H2. The predicted octanol–water partition coefficient (Wildman–Crippen LogP) is 4.42. The van der Waals surface area contributed by atoms with Gasteiger partial charge in [-0.15, -0.1) is 0 Å². The highest BCUT2D eigenvalue weighted by Crippen LogP contribution is 2.26. The second-order valence-electron chi connectivity index (χ2n) is 4.62. The number of rotatable bonds is 4. The minimum Gasteiger partial charge on any atom is -0.337 e. The molecule has 3 rings (SSSR count). The highest BCUT2D eigenvalue weighted by atomic mass is 15.1. The van der Waals surface area contributed by atoms with E-state index in [-0.39, 0.29) is 0 Å². The second-order valence-corrected chi connectivity index (χ2v) is 4.62. The fourth-order valence-electron chi connectivity index (χ4n) is 2.22. The molecule has 0 N–H and O–H groups in total. The van der Waals surface area contributed by atoms with Gasteiger partial charge in [-0.25, -0.2) is 0 Å². The van der Waals surface area contributed by atoms with Gasteiger partial charge in [0, 0.05) is 30.3 Å². The third-order valence-corrected chi connectivity index (χ3v) is 3.20. The lowest BCUT2D eigenvalue weighted by atomic mass is 10.2. The van der Waals surface area contributed by atoms with Crippen LogP contribution in [0.3, 0.4) is 0 Å². The van der Waals surface area contributed by atoms with Crippen LogP contribution in [0.25, 0.3) is 0 Å². The minimum absolute atomic E-state index is 0.807. The maximum Gasteiger partial charge on any atom is 0.0497 e. The molecule has 98 valence electrons. The molecule has 0 amide bonds. The van der Waals surface area contributed by atoms with E-state index < -0.39 is 0 Å². The molecule has 1 aromatic heterocycles. The number of hydrogen-bond acceptors (Lipinski definition) is 2. The molecule has 0 spiro atoms. The molecule has 0 radical (unpaired) electrons. The monoisotopic (exact) mass is 260 g/mol. The number of aromatic nitrogens is 1. The molecule has 0 saturated carbocycles. The smallest absolute Gasteiger partial charge is 0.0497 e. The zero-order chi connectivity index (χ0) is 13.6. The molecule has 0 aliphatic carbocycles. The summed E-state index contributed by atoms with van der Waals surface area (Å²) in [6.07, 6.45) is 3.72. The first-order valence-corrected chi connectivity index (χ1v) is 6.70. The summed E-state index contributed by atoms with van der Waals surface area (Å²) < 4.78 is 0. The maximum atomic E-state index is 4.20. The Kier molecular flexibility index (Phi) is 3.74. The van der Waals surface area contributed by atoms with Gasteiger partial charge in [0.25, 0.3) is 0 Å². The summed E-state index contributed by atoms with van der Waals surface area (Å²) in [5, 5.41) is 0. The van der Waals surface area contributed by atoms with Gasteiger partial charge in [0.1, 0.15) is 0 Å². The van der Waals surface area contributed by atoms with Crippen molar-refractivity contribution < 1.29 is 0 Å². The molecule has 0 atom stereocenters. The second kappa shape index (κ2) is 6.02. The number of benzene rings is 2. The number of pyridine rings is 1. The summed E-state index contributed by atoms with van der Waals surface area (Å²) in [5.41, 5.74) is 3.56. The number of anilines is 2. The van der Waals surface area contributed by atoms with Crippen LogP contribution in [-0.4, -0.2) is 4.98 Å². The van der Waals surface area contributed by atoms with Crippen LogP contribution < -0.4 is 4.90 Å². The number of nitrogens with zero attached hydrogens (tertiary/aromatic N) is 2. The lowest BCUT2D eigenvalue weighted by molar-refractivity contribution is 0.964. The molecule has 20 heavy (non-hydrogen) atoms. The van der Waals surface area contributed by atoms with Crippen LogP contribution in [0.5, 0.6) is 0 Å². The van der Waals surface area contributed by atoms with E-state index in [4.69, 9.17) is 0 Å². The van der Waals surface area contributed by atoms with Crippen molar-refractivity contribution in [2.75, 3.05) is 4.90 Å². The van der Waals surface area contributed by atoms with Gasteiger partial charge in [-0.3, -0.25) is 4.98 Å². The van der Waals surface area contributed by atoms with E-state index in [9.17, 15) is 0 Å². The van der Waals surface area contributed by atoms with E-state index in [0.717, 1.165) is 6.54 Å². The lowest BCUT2D eigenvalue weighted by Gasteiger charge is -2.25. The highest BCUT2D eigenvalue weighted by Gasteiger charge is 2.09. The average Bonchev–Trinajstić information content (AvgIpc) is 2.55. The Balaban J connectivity index is 1.96. The first-order valence-electron chi connectivity index (χ1n) is 6.70. The molecule has 2 nitrogen and oxygen atoms in total. The van der Waals surface area contributed by atoms with Crippen LogP contribution >= 0.6 is 0 Å². The topological polar surface area (TPSA) is 16.1 Å². The Morgan fingerprint density at radius 3 is 1.80 bits per heavy atom. The quantitative estimate of drug-likeness (QED) is 0.690. The Labute approximate surface area is 119 Å². The van der Waals surface area contributed by atoms with E-state index in [1.165, 1.54) is 16.9 Å². The van der Waals surface area contributed by atoms with Gasteiger partial charge in [0.2, 0.25) is 0 Å². The average molecular weight is 260 g/mol. The highest BCUT2D eigenvalue weighted by molar-refractivity contribution is 5.63. The molecule has 3 aromatic rings. The molecular weight excluding hydrogens is 244 g/mol. The van der Waals surface area contributed by atoms with Crippen molar-refractivity contribution in [2.45, 2.75) is 6.54 Å². The van der Waals surface area contributed by atoms with Crippen molar-refractivity contribution in [3.63, 3.8) is 0 Å². The molecule has 0 aliphatic heterocycles. The summed E-state index contributed by atoms with van der Waals surface area (Å²) in [7, 11) is 0. The van der Waals surface area contributed by atoms with E-state index in [1.807, 2.05) is 24.4 Å². The molecule has 2 aromatic carbocycles. The van der Waals surface area contributed by atoms with Gasteiger partial charge in [-0.05, 0) is 35.9 Å². The van der Waals surface area contributed by atoms with Gasteiger partial charge in [0.05, 0.1) is 0 Å². The van der Waals surface area contributed by atoms with Gasteiger partial charge >= 0.3 is 0 Å². The molecule has 2 heteroatoms. The van der Waals surface area contributed by atoms with Crippen molar-refractivity contribution in [3.8, 4) is 0 Å². The van der Waals surface area contributed by atoms with Crippen molar-refractivity contribution >= 4 is 11.4 Å². The third-order valence-electron chi connectivity index (χ3n) is 3.20. The Bertz CT molecular complexity index is 597. The van der Waals surface area contributed by atoms with Gasteiger partial charge in [-0.2, -0.15) is 0 Å². The Morgan fingerprint density at radius 2 is 1.30 bits per heavy atom. The fraction of sp³-hybridized carbons (Fsp3) is 0.0556. The van der Waals surface area contributed by atoms with Gasteiger partial charge in [-0.1, -0.05) is 42.5 Å². The zero-order valence-corrected chi connectivity index (χ0v) is 11.2. The van der Waals surface area contributed by atoms with Gasteiger partial charge in [0.15, 0.2) is 0 Å². The molecule has 0 bridgehead atoms. The lowest BCUT2D eigenvalue weighted by Crippen LogP contribution is -2.16. The normalized spacial score (nSPS) is 10.2. The third kappa shape index (κ3) is 2.86. The Hall–Kier alpha value is -2.61. The van der Waals surface area contributed by atoms with Crippen molar-refractivity contribution in [3.05, 3.63) is 90.8 Å². The summed E-state index contributed by atoms with van der Waals surface area (Å²) in [4.78, 5) is 6.49. The minimum atomic E-state index is 0.807. The van der Waals surface area contributed by atoms with E-state index in [2.05, 4.69) is 64.5 Å². The predicted molar refractivity (Wildman–Crippen MR) is 83.0 cm³/mol. The maximum absolute atomic E-state index is 4.20. The molecule has 0 aliphatic rings. The van der Waals surface area contributed by atoms with Crippen LogP contribution in [0.4, 0.5) is 11.4 Å². The first-order chi connectivity index (χ1) is 9.93. The van der Waals surface area contributed by atoms with Crippen molar-refractivity contribution in [1.29, 1.82) is 0 Å². The van der Waals surface area contributed by atoms with Crippen LogP contribution in [-0.2, 0) is 6.54 Å². The zero-order valence-electron chi connectivity index (χ0n) is 11.2. The van der Waals surface area contributed by atoms with Crippen molar-refractivity contribution in [1.82, 2.24) is 4.98 Å². The molecule has 0 saturated heterocycles. The summed E-state index contributed by atoms with van der Waals surface area (Å²) >= 11 is 0. The van der Waals surface area contributed by atoms with Crippen LogP contribution in [0.1, 0.15) is 5.56 Å². The summed E-state index contributed by atoms with van der Waals surface area (Å²) in [5.74, 6) is 0. The first kappa shape index (κ1) is 12.4. The van der Waals surface area contributed by atoms with Crippen molar-refractivity contribution in [2.24, 2.45) is 0 Å². The molecule has 0 fully saturated rings. The SMILES string of the molecule is c1ccc(N(Cc2cccnc2)c2ccccc2)cc1. The number of hydrogen-bond donors (Lipinski definition) is 0. The summed E-state index contributed by atoms with van der Waals surface area (Å²) in [6, 6.07) is 24.9. The van der Waals surface area contributed by atoms with E-state index in [0.29, 0.717) is 0 Å². The van der Waals surface area contributed by atoms with Gasteiger partial charge < -0.3 is 4.90 Å². The van der Waals surface area contributed by atoms with Crippen LogP contribution in [0, 0.1) is 0 Å². The largest absolute Gasteiger partial charge is 0.337 e. The summed E-state index contributed by atoms with van der Waals surface area (Å²) in [6.45, 7) is 0.807. The molecule has 0 unspecified atom stereocenters. The Morgan fingerprint density at radius 1 is 0.700 bits per heavy atom. The van der Waals surface area contributed by atoms with Crippen LogP contribution in [0.15, 0.2) is 85.2 Å².